The van der Waals surface area contributed by atoms with Gasteiger partial charge in [-0.15, -0.1) is 0 Å². The number of amides is 1. The average molecular weight is 268 g/mol. The SMILES string of the molecule is Cc1ccc(NCC(=O)Nc2ccc(C)c(C)c2)cc1. The normalized spacial score (nSPS) is 10.2. The predicted molar refractivity (Wildman–Crippen MR) is 84.2 cm³/mol. The maximum atomic E-state index is 11.9. The number of nitrogens with one attached hydrogen (secondary N) is 2. The Kier molecular flexibility index (Phi) is 4.41. The molecule has 3 heteroatoms. The molecule has 0 radical (unpaired) electrons. The molecule has 0 spiro atoms. The van der Waals surface area contributed by atoms with Crippen LogP contribution in [0.15, 0.2) is 42.5 Å². The Morgan fingerprint density at radius 2 is 1.55 bits per heavy atom. The fraction of sp³-hybridized carbons (Fsp3) is 0.235. The summed E-state index contributed by atoms with van der Waals surface area (Å²) in [6, 6.07) is 13.9. The van der Waals surface area contributed by atoms with Crippen LogP contribution in [0.2, 0.25) is 0 Å². The summed E-state index contributed by atoms with van der Waals surface area (Å²) in [6.07, 6.45) is 0. The fourth-order valence-electron chi connectivity index (χ4n) is 1.88. The van der Waals surface area contributed by atoms with Gasteiger partial charge in [0.25, 0.3) is 0 Å². The van der Waals surface area contributed by atoms with Crippen LogP contribution in [0.25, 0.3) is 0 Å². The molecule has 0 aromatic heterocycles. The maximum absolute atomic E-state index is 11.9. The van der Waals surface area contributed by atoms with Gasteiger partial charge in [-0.1, -0.05) is 23.8 Å². The number of carbonyl (C=O) groups is 1. The van der Waals surface area contributed by atoms with Crippen LogP contribution in [0.5, 0.6) is 0 Å². The highest BCUT2D eigenvalue weighted by molar-refractivity contribution is 5.93. The standard InChI is InChI=1S/C17H20N2O/c1-12-4-7-15(8-5-12)18-11-17(20)19-16-9-6-13(2)14(3)10-16/h4-10,18H,11H2,1-3H3,(H,19,20). The van der Waals surface area contributed by atoms with Gasteiger partial charge in [0.15, 0.2) is 0 Å². The van der Waals surface area contributed by atoms with Crippen LogP contribution in [0.4, 0.5) is 11.4 Å². The Hall–Kier alpha value is -2.29. The van der Waals surface area contributed by atoms with E-state index >= 15 is 0 Å². The number of hydrogen-bond donors (Lipinski definition) is 2. The second kappa shape index (κ2) is 6.24. The van der Waals surface area contributed by atoms with Crippen LogP contribution in [0, 0.1) is 20.8 Å². The molecule has 2 rings (SSSR count). The largest absolute Gasteiger partial charge is 0.376 e. The summed E-state index contributed by atoms with van der Waals surface area (Å²) in [5.74, 6) is -0.0474. The molecular weight excluding hydrogens is 248 g/mol. The molecular formula is C17H20N2O. The topological polar surface area (TPSA) is 41.1 Å². The predicted octanol–water partition coefficient (Wildman–Crippen LogP) is 3.66. The van der Waals surface area contributed by atoms with Crippen LogP contribution < -0.4 is 10.6 Å². The monoisotopic (exact) mass is 268 g/mol. The molecule has 2 aromatic rings. The zero-order chi connectivity index (χ0) is 14.5. The average Bonchev–Trinajstić information content (AvgIpc) is 2.42. The van der Waals surface area contributed by atoms with Crippen molar-refractivity contribution >= 4 is 17.3 Å². The van der Waals surface area contributed by atoms with Gasteiger partial charge in [-0.3, -0.25) is 4.79 Å². The molecule has 0 aliphatic rings. The number of hydrogen-bond acceptors (Lipinski definition) is 2. The van der Waals surface area contributed by atoms with Crippen LogP contribution in [0.1, 0.15) is 16.7 Å². The molecule has 0 fully saturated rings. The lowest BCUT2D eigenvalue weighted by molar-refractivity contribution is -0.114. The van der Waals surface area contributed by atoms with Gasteiger partial charge in [0.2, 0.25) is 5.91 Å². The van der Waals surface area contributed by atoms with Gasteiger partial charge in [0.1, 0.15) is 0 Å². The number of aryl methyl sites for hydroxylation is 3. The minimum Gasteiger partial charge on any atom is -0.376 e. The van der Waals surface area contributed by atoms with E-state index in [1.54, 1.807) is 0 Å². The van der Waals surface area contributed by atoms with Gasteiger partial charge >= 0.3 is 0 Å². The number of rotatable bonds is 4. The van der Waals surface area contributed by atoms with Crippen molar-refractivity contribution in [3.05, 3.63) is 59.2 Å². The molecule has 2 N–H and O–H groups in total. The van der Waals surface area contributed by atoms with E-state index in [-0.39, 0.29) is 12.5 Å². The third-order valence-electron chi connectivity index (χ3n) is 3.30. The maximum Gasteiger partial charge on any atom is 0.243 e. The second-order valence-electron chi connectivity index (χ2n) is 5.07. The van der Waals surface area contributed by atoms with E-state index in [9.17, 15) is 4.79 Å². The lowest BCUT2D eigenvalue weighted by atomic mass is 10.1. The molecule has 0 saturated heterocycles. The van der Waals surface area contributed by atoms with Gasteiger partial charge in [0, 0.05) is 11.4 Å². The molecule has 2 aromatic carbocycles. The molecule has 0 saturated carbocycles. The Labute approximate surface area is 120 Å². The second-order valence-corrected chi connectivity index (χ2v) is 5.07. The zero-order valence-corrected chi connectivity index (χ0v) is 12.2. The Morgan fingerprint density at radius 1 is 0.900 bits per heavy atom. The Morgan fingerprint density at radius 3 is 2.20 bits per heavy atom. The summed E-state index contributed by atoms with van der Waals surface area (Å²) < 4.78 is 0. The van der Waals surface area contributed by atoms with E-state index in [0.29, 0.717) is 0 Å². The quantitative estimate of drug-likeness (QED) is 0.888. The summed E-state index contributed by atoms with van der Waals surface area (Å²) in [6.45, 7) is 6.39. The smallest absolute Gasteiger partial charge is 0.243 e. The molecule has 20 heavy (non-hydrogen) atoms. The van der Waals surface area contributed by atoms with Crippen LogP contribution in [-0.4, -0.2) is 12.5 Å². The lowest BCUT2D eigenvalue weighted by Gasteiger charge is -2.09. The number of anilines is 2. The van der Waals surface area contributed by atoms with Crippen LogP contribution >= 0.6 is 0 Å². The first-order valence-corrected chi connectivity index (χ1v) is 6.72. The fourth-order valence-corrected chi connectivity index (χ4v) is 1.88. The van der Waals surface area contributed by atoms with E-state index in [1.165, 1.54) is 16.7 Å². The summed E-state index contributed by atoms with van der Waals surface area (Å²) >= 11 is 0. The summed E-state index contributed by atoms with van der Waals surface area (Å²) in [7, 11) is 0. The Balaban J connectivity index is 1.89. The van der Waals surface area contributed by atoms with Gasteiger partial charge in [-0.2, -0.15) is 0 Å². The third-order valence-corrected chi connectivity index (χ3v) is 3.30. The first-order valence-electron chi connectivity index (χ1n) is 6.72. The first kappa shape index (κ1) is 14.1. The van der Waals surface area contributed by atoms with Crippen molar-refractivity contribution in [3.8, 4) is 0 Å². The highest BCUT2D eigenvalue weighted by Crippen LogP contribution is 2.14. The molecule has 0 aliphatic heterocycles. The number of carbonyl (C=O) groups excluding carboxylic acids is 1. The van der Waals surface area contributed by atoms with Crippen LogP contribution in [0.3, 0.4) is 0 Å². The van der Waals surface area contributed by atoms with Crippen molar-refractivity contribution in [3.63, 3.8) is 0 Å². The van der Waals surface area contributed by atoms with Gasteiger partial charge in [-0.05, 0) is 56.2 Å². The van der Waals surface area contributed by atoms with E-state index in [4.69, 9.17) is 0 Å². The van der Waals surface area contributed by atoms with Crippen molar-refractivity contribution in [1.29, 1.82) is 0 Å². The summed E-state index contributed by atoms with van der Waals surface area (Å²) in [5, 5.41) is 6.00. The molecule has 0 heterocycles. The highest BCUT2D eigenvalue weighted by atomic mass is 16.1. The van der Waals surface area contributed by atoms with Gasteiger partial charge < -0.3 is 10.6 Å². The van der Waals surface area contributed by atoms with Crippen molar-refractivity contribution in [2.45, 2.75) is 20.8 Å². The van der Waals surface area contributed by atoms with E-state index in [1.807, 2.05) is 56.3 Å². The van der Waals surface area contributed by atoms with Crippen molar-refractivity contribution in [1.82, 2.24) is 0 Å². The summed E-state index contributed by atoms with van der Waals surface area (Å²) in [4.78, 5) is 11.9. The first-order chi connectivity index (χ1) is 9.54. The molecule has 0 bridgehead atoms. The van der Waals surface area contributed by atoms with Gasteiger partial charge in [-0.25, -0.2) is 0 Å². The molecule has 3 nitrogen and oxygen atoms in total. The molecule has 104 valence electrons. The van der Waals surface area contributed by atoms with Crippen molar-refractivity contribution in [2.75, 3.05) is 17.2 Å². The molecule has 0 unspecified atom stereocenters. The van der Waals surface area contributed by atoms with Crippen molar-refractivity contribution < 1.29 is 4.79 Å². The lowest BCUT2D eigenvalue weighted by Crippen LogP contribution is -2.21. The number of benzene rings is 2. The molecule has 1 amide bonds. The van der Waals surface area contributed by atoms with Crippen LogP contribution in [-0.2, 0) is 4.79 Å². The minimum absolute atomic E-state index is 0.0474. The Bertz CT molecular complexity index is 603. The highest BCUT2D eigenvalue weighted by Gasteiger charge is 2.03. The minimum atomic E-state index is -0.0474. The molecule has 0 atom stereocenters. The van der Waals surface area contributed by atoms with Gasteiger partial charge in [0.05, 0.1) is 6.54 Å². The molecule has 0 aliphatic carbocycles. The van der Waals surface area contributed by atoms with E-state index in [0.717, 1.165) is 11.4 Å². The summed E-state index contributed by atoms with van der Waals surface area (Å²) in [5.41, 5.74) is 5.39. The third kappa shape index (κ3) is 3.85. The van der Waals surface area contributed by atoms with E-state index in [2.05, 4.69) is 17.6 Å². The van der Waals surface area contributed by atoms with Crippen molar-refractivity contribution in [2.24, 2.45) is 0 Å². The zero-order valence-electron chi connectivity index (χ0n) is 12.2. The van der Waals surface area contributed by atoms with E-state index < -0.39 is 0 Å².